The maximum absolute atomic E-state index is 10.2. The molecule has 0 atom stereocenters. The lowest BCUT2D eigenvalue weighted by atomic mass is 10.5. The zero-order chi connectivity index (χ0) is 6.41. The third-order valence-corrected chi connectivity index (χ3v) is 0.591. The van der Waals surface area contributed by atoms with Crippen molar-refractivity contribution in [1.29, 1.82) is 0 Å². The van der Waals surface area contributed by atoms with E-state index in [-0.39, 0.29) is 18.4 Å². The second kappa shape index (κ2) is 7.46. The molecule has 0 bridgehead atoms. The van der Waals surface area contributed by atoms with Gasteiger partial charge in [-0.15, -0.1) is 12.4 Å². The molecular formula is C5H10ClNO2. The second-order valence-electron chi connectivity index (χ2n) is 1.16. The van der Waals surface area contributed by atoms with Crippen molar-refractivity contribution in [3.63, 3.8) is 0 Å². The molecule has 4 heteroatoms. The van der Waals surface area contributed by atoms with Gasteiger partial charge in [-0.2, -0.15) is 0 Å². The monoisotopic (exact) mass is 151 g/mol. The van der Waals surface area contributed by atoms with Gasteiger partial charge in [-0.1, -0.05) is 6.08 Å². The van der Waals surface area contributed by atoms with Gasteiger partial charge in [-0.05, 0) is 0 Å². The molecule has 0 amide bonds. The van der Waals surface area contributed by atoms with E-state index in [4.69, 9.17) is 5.73 Å². The number of rotatable bonds is 2. The first kappa shape index (κ1) is 11.3. The molecule has 0 fully saturated rings. The minimum atomic E-state index is -0.365. The number of halogens is 1. The summed E-state index contributed by atoms with van der Waals surface area (Å²) < 4.78 is 4.27. The Balaban J connectivity index is 0. The van der Waals surface area contributed by atoms with Gasteiger partial charge in [0.25, 0.3) is 0 Å². The first-order valence-corrected chi connectivity index (χ1v) is 2.26. The van der Waals surface area contributed by atoms with Gasteiger partial charge in [0.05, 0.1) is 7.11 Å². The van der Waals surface area contributed by atoms with Crippen molar-refractivity contribution in [2.24, 2.45) is 5.73 Å². The number of hydrogen-bond acceptors (Lipinski definition) is 3. The molecule has 0 aromatic rings. The Morgan fingerprint density at radius 1 is 1.78 bits per heavy atom. The third-order valence-electron chi connectivity index (χ3n) is 0.591. The summed E-state index contributed by atoms with van der Waals surface area (Å²) in [6.07, 6.45) is 2.83. The lowest BCUT2D eigenvalue weighted by Gasteiger charge is -1.86. The number of carbonyl (C=O) groups is 1. The summed E-state index contributed by atoms with van der Waals surface area (Å²) in [6.45, 7) is 0.370. The smallest absolute Gasteiger partial charge is 0.330 e. The molecule has 0 rings (SSSR count). The Morgan fingerprint density at radius 2 is 2.33 bits per heavy atom. The molecule has 3 nitrogen and oxygen atoms in total. The molecule has 0 unspecified atom stereocenters. The highest BCUT2D eigenvalue weighted by Gasteiger charge is 1.85. The normalized spacial score (nSPS) is 8.67. The van der Waals surface area contributed by atoms with E-state index in [0.717, 1.165) is 0 Å². The minimum Gasteiger partial charge on any atom is -0.466 e. The second-order valence-corrected chi connectivity index (χ2v) is 1.16. The standard InChI is InChI=1S/C5H9NO2.ClH/c1-8-5(7)3-2-4-6;/h2-3H,4,6H2,1H3;1H. The average Bonchev–Trinajstić information content (AvgIpc) is 1.83. The van der Waals surface area contributed by atoms with Gasteiger partial charge in [0.1, 0.15) is 0 Å². The Bertz CT molecular complexity index is 103. The van der Waals surface area contributed by atoms with Crippen LogP contribution in [0.3, 0.4) is 0 Å². The molecule has 0 radical (unpaired) electrons. The van der Waals surface area contributed by atoms with Gasteiger partial charge in [0, 0.05) is 12.6 Å². The highest BCUT2D eigenvalue weighted by Crippen LogP contribution is 1.73. The van der Waals surface area contributed by atoms with Crippen LogP contribution in [-0.2, 0) is 9.53 Å². The topological polar surface area (TPSA) is 52.3 Å². The lowest BCUT2D eigenvalue weighted by Crippen LogP contribution is -1.98. The predicted molar refractivity (Wildman–Crippen MR) is 37.5 cm³/mol. The van der Waals surface area contributed by atoms with Crippen LogP contribution in [0.25, 0.3) is 0 Å². The Morgan fingerprint density at radius 3 is 2.67 bits per heavy atom. The van der Waals surface area contributed by atoms with E-state index < -0.39 is 0 Å². The van der Waals surface area contributed by atoms with Crippen LogP contribution in [0.2, 0.25) is 0 Å². The van der Waals surface area contributed by atoms with Gasteiger partial charge in [0.2, 0.25) is 0 Å². The molecule has 0 heterocycles. The van der Waals surface area contributed by atoms with Crippen molar-refractivity contribution in [2.45, 2.75) is 0 Å². The van der Waals surface area contributed by atoms with Gasteiger partial charge < -0.3 is 10.5 Å². The number of esters is 1. The van der Waals surface area contributed by atoms with Crippen molar-refractivity contribution in [3.05, 3.63) is 12.2 Å². The van der Waals surface area contributed by atoms with E-state index in [0.29, 0.717) is 6.54 Å². The summed E-state index contributed by atoms with van der Waals surface area (Å²) in [7, 11) is 1.32. The van der Waals surface area contributed by atoms with Gasteiger partial charge in [-0.25, -0.2) is 4.79 Å². The summed E-state index contributed by atoms with van der Waals surface area (Å²) in [5.74, 6) is -0.365. The lowest BCUT2D eigenvalue weighted by molar-refractivity contribution is -0.134. The average molecular weight is 152 g/mol. The van der Waals surface area contributed by atoms with E-state index >= 15 is 0 Å². The number of methoxy groups -OCH3 is 1. The molecule has 0 aromatic carbocycles. The van der Waals surface area contributed by atoms with Gasteiger partial charge in [-0.3, -0.25) is 0 Å². The highest BCUT2D eigenvalue weighted by atomic mass is 35.5. The Labute approximate surface area is 60.3 Å². The quantitative estimate of drug-likeness (QED) is 0.450. The summed E-state index contributed by atoms with van der Waals surface area (Å²) in [6, 6.07) is 0. The molecule has 0 saturated heterocycles. The van der Waals surface area contributed by atoms with Crippen LogP contribution in [0.4, 0.5) is 0 Å². The third kappa shape index (κ3) is 7.46. The number of nitrogens with two attached hydrogens (primary N) is 1. The maximum Gasteiger partial charge on any atom is 0.330 e. The number of hydrogen-bond donors (Lipinski definition) is 1. The van der Waals surface area contributed by atoms with E-state index in [1.54, 1.807) is 0 Å². The van der Waals surface area contributed by atoms with Crippen LogP contribution in [0.1, 0.15) is 0 Å². The fourth-order valence-electron chi connectivity index (χ4n) is 0.232. The summed E-state index contributed by atoms with van der Waals surface area (Å²) >= 11 is 0. The van der Waals surface area contributed by atoms with E-state index in [9.17, 15) is 4.79 Å². The first-order chi connectivity index (χ1) is 3.81. The van der Waals surface area contributed by atoms with Crippen LogP contribution in [0.15, 0.2) is 12.2 Å². The minimum absolute atomic E-state index is 0. The maximum atomic E-state index is 10.2. The molecule has 0 aliphatic carbocycles. The van der Waals surface area contributed by atoms with Gasteiger partial charge in [0.15, 0.2) is 0 Å². The van der Waals surface area contributed by atoms with Crippen molar-refractivity contribution in [3.8, 4) is 0 Å². The van der Waals surface area contributed by atoms with Crippen LogP contribution in [0.5, 0.6) is 0 Å². The fraction of sp³-hybridized carbons (Fsp3) is 0.400. The van der Waals surface area contributed by atoms with Crippen LogP contribution < -0.4 is 5.73 Å². The Hall–Kier alpha value is -0.540. The molecule has 0 spiro atoms. The summed E-state index contributed by atoms with van der Waals surface area (Å²) in [5, 5.41) is 0. The summed E-state index contributed by atoms with van der Waals surface area (Å²) in [5.41, 5.74) is 5.04. The number of carbonyl (C=O) groups excluding carboxylic acids is 1. The molecule has 0 aliphatic heterocycles. The van der Waals surface area contributed by atoms with Crippen molar-refractivity contribution < 1.29 is 9.53 Å². The molecule has 0 saturated carbocycles. The fourth-order valence-corrected chi connectivity index (χ4v) is 0.232. The first-order valence-electron chi connectivity index (χ1n) is 2.26. The van der Waals surface area contributed by atoms with Crippen LogP contribution in [0, 0.1) is 0 Å². The van der Waals surface area contributed by atoms with Crippen LogP contribution in [-0.4, -0.2) is 19.6 Å². The molecular weight excluding hydrogens is 142 g/mol. The van der Waals surface area contributed by atoms with E-state index in [1.807, 2.05) is 0 Å². The highest BCUT2D eigenvalue weighted by molar-refractivity contribution is 5.85. The molecule has 0 aliphatic rings. The largest absolute Gasteiger partial charge is 0.466 e. The summed E-state index contributed by atoms with van der Waals surface area (Å²) in [4.78, 5) is 10.2. The predicted octanol–water partition coefficient (Wildman–Crippen LogP) is 0.0961. The zero-order valence-electron chi connectivity index (χ0n) is 5.16. The van der Waals surface area contributed by atoms with Gasteiger partial charge >= 0.3 is 5.97 Å². The van der Waals surface area contributed by atoms with E-state index in [2.05, 4.69) is 4.74 Å². The molecule has 2 N–H and O–H groups in total. The molecule has 54 valence electrons. The molecule has 9 heavy (non-hydrogen) atoms. The molecule has 0 aromatic heterocycles. The zero-order valence-corrected chi connectivity index (χ0v) is 5.98. The number of ether oxygens (including phenoxy) is 1. The Kier molecular flexibility index (Phi) is 9.35. The van der Waals surface area contributed by atoms with Crippen molar-refractivity contribution in [1.82, 2.24) is 0 Å². The van der Waals surface area contributed by atoms with Crippen molar-refractivity contribution >= 4 is 18.4 Å². The van der Waals surface area contributed by atoms with E-state index in [1.165, 1.54) is 19.3 Å². The van der Waals surface area contributed by atoms with Crippen LogP contribution >= 0.6 is 12.4 Å². The SMILES string of the molecule is COC(=O)C=CCN.Cl. The van der Waals surface area contributed by atoms with Crippen molar-refractivity contribution in [2.75, 3.05) is 13.7 Å².